The molecule has 0 atom stereocenters. The van der Waals surface area contributed by atoms with Gasteiger partial charge in [0, 0.05) is 82.3 Å². The van der Waals surface area contributed by atoms with Gasteiger partial charge in [-0.3, -0.25) is 46.5 Å². The maximum Gasteiger partial charge on any atom is 0.258 e. The molecule has 5 aromatic heterocycles. The minimum Gasteiger partial charge on any atom is -0.332 e. The van der Waals surface area contributed by atoms with Gasteiger partial charge in [0.2, 0.25) is 5.95 Å². The van der Waals surface area contributed by atoms with Gasteiger partial charge in [-0.1, -0.05) is 68.1 Å². The number of nitrogens with zero attached hydrogens (tertiary/aromatic N) is 6. The third kappa shape index (κ3) is 13.4. The summed E-state index contributed by atoms with van der Waals surface area (Å²) in [6, 6.07) is 37.8. The lowest BCUT2D eigenvalue weighted by molar-refractivity contribution is 0.0977. The number of pyridine rings is 4. The average molecular weight is 987 g/mol. The van der Waals surface area contributed by atoms with E-state index in [0.717, 1.165) is 66.7 Å². The Morgan fingerprint density at radius 1 is 0.658 bits per heavy atom. The molecule has 366 valence electrons. The SMILES string of the molecule is C.C#CC#CC#C.Cc1cc2c(cn1)cc(-c1cc(NC(=S)NC(=O)c3ccccc3)ccc1C)c(=O)n2C.Cc1cc2c(cn1)cc(-c1cc(Nc3n[nH]c(-c4ccccc4)n3)ccc1C)c(=O)n2C.NN. The molecule has 9 rings (SSSR count). The summed E-state index contributed by atoms with van der Waals surface area (Å²) in [6.07, 6.45) is 13.0. The van der Waals surface area contributed by atoms with Gasteiger partial charge >= 0.3 is 0 Å². The first-order chi connectivity index (χ1) is 34.7. The average Bonchev–Trinajstić information content (AvgIpc) is 3.87. The molecule has 0 saturated carbocycles. The number of carbonyl (C=O) groups is 1. The van der Waals surface area contributed by atoms with Crippen LogP contribution in [0, 0.1) is 64.2 Å². The van der Waals surface area contributed by atoms with Crippen molar-refractivity contribution in [3.05, 3.63) is 183 Å². The number of nitrogens with one attached hydrogen (secondary N) is 4. The number of nitrogens with two attached hydrogens (primary N) is 2. The number of rotatable bonds is 7. The first-order valence-corrected chi connectivity index (χ1v) is 22.5. The van der Waals surface area contributed by atoms with Crippen LogP contribution in [0.2, 0.25) is 0 Å². The predicted molar refractivity (Wildman–Crippen MR) is 300 cm³/mol. The fraction of sp³-hybridized carbons (Fsp3) is 0.123. The predicted octanol–water partition coefficient (Wildman–Crippen LogP) is 8.80. The molecule has 16 heteroatoms. The fourth-order valence-corrected chi connectivity index (χ4v) is 7.68. The monoisotopic (exact) mass is 986 g/mol. The first kappa shape index (κ1) is 54.4. The third-order valence-electron chi connectivity index (χ3n) is 11.1. The second-order valence-corrected chi connectivity index (χ2v) is 16.4. The van der Waals surface area contributed by atoms with Gasteiger partial charge in [-0.25, -0.2) is 0 Å². The van der Waals surface area contributed by atoms with E-state index in [9.17, 15) is 14.4 Å². The molecule has 1 amide bonds. The lowest BCUT2D eigenvalue weighted by Crippen LogP contribution is -2.34. The van der Waals surface area contributed by atoms with Crippen LogP contribution < -0.4 is 38.8 Å². The number of amides is 1. The summed E-state index contributed by atoms with van der Waals surface area (Å²) in [5.74, 6) is 17.5. The third-order valence-corrected chi connectivity index (χ3v) is 11.3. The van der Waals surface area contributed by atoms with E-state index in [4.69, 9.17) is 25.1 Å². The van der Waals surface area contributed by atoms with Crippen molar-refractivity contribution in [2.75, 3.05) is 10.6 Å². The molecule has 0 unspecified atom stereocenters. The molecule has 73 heavy (non-hydrogen) atoms. The number of hydrogen-bond donors (Lipinski definition) is 6. The van der Waals surface area contributed by atoms with Gasteiger partial charge in [-0.2, -0.15) is 4.98 Å². The van der Waals surface area contributed by atoms with Crippen molar-refractivity contribution in [1.82, 2.24) is 39.6 Å². The number of benzene rings is 4. The lowest BCUT2D eigenvalue weighted by atomic mass is 9.99. The van der Waals surface area contributed by atoms with E-state index in [0.29, 0.717) is 34.2 Å². The lowest BCUT2D eigenvalue weighted by Gasteiger charge is -2.14. The van der Waals surface area contributed by atoms with Gasteiger partial charge < -0.3 is 19.8 Å². The van der Waals surface area contributed by atoms with Gasteiger partial charge in [0.15, 0.2) is 10.9 Å². The second kappa shape index (κ2) is 25.4. The molecule has 0 spiro atoms. The van der Waals surface area contributed by atoms with Crippen molar-refractivity contribution < 1.29 is 4.79 Å². The molecule has 9 aromatic rings. The highest BCUT2D eigenvalue weighted by Gasteiger charge is 2.16. The molecule has 0 aliphatic rings. The van der Waals surface area contributed by atoms with Crippen LogP contribution in [0.5, 0.6) is 0 Å². The van der Waals surface area contributed by atoms with Gasteiger partial charge in [0.1, 0.15) is 0 Å². The summed E-state index contributed by atoms with van der Waals surface area (Å²) in [5, 5.41) is 18.2. The number of carbonyl (C=O) groups excluding carboxylic acids is 1. The van der Waals surface area contributed by atoms with Gasteiger partial charge in [-0.05, 0) is 147 Å². The van der Waals surface area contributed by atoms with Crippen LogP contribution in [0.15, 0.2) is 143 Å². The van der Waals surface area contributed by atoms with Crippen molar-refractivity contribution in [2.24, 2.45) is 25.8 Å². The zero-order chi connectivity index (χ0) is 51.9. The van der Waals surface area contributed by atoms with Gasteiger partial charge in [-0.15, -0.1) is 17.9 Å². The van der Waals surface area contributed by atoms with E-state index < -0.39 is 0 Å². The Hall–Kier alpha value is -9.50. The number of H-pyrrole nitrogens is 1. The smallest absolute Gasteiger partial charge is 0.258 e. The molecule has 0 saturated heterocycles. The van der Waals surface area contributed by atoms with Crippen molar-refractivity contribution >= 4 is 62.4 Å². The standard InChI is InChI=1S/C25H22N6O.C25H22N4O2S.C6H2.CH4.H4N2/c1-15-9-10-19(27-25-28-23(29-30-25)17-7-5-4-6-8-17)13-20(15)21-12-18-14-26-16(2)11-22(18)31(3)24(21)32;1-15-9-10-19(27-25(32)28-23(30)17-7-5-4-6-8-17)13-20(15)21-12-18-14-26-16(2)11-22(18)29(3)24(21)31;1-3-5-6-4-2;;1-2/h4-14H,1-3H3,(H2,27,28,29,30);4-14H,1-3H3,(H2,27,28,30,32);1-2H;1H4;1-2H2. The van der Waals surface area contributed by atoms with Crippen LogP contribution in [0.25, 0.3) is 55.4 Å². The molecule has 0 radical (unpaired) electrons. The zero-order valence-electron chi connectivity index (χ0n) is 40.3. The number of aromatic nitrogens is 7. The Bertz CT molecular complexity index is 3710. The van der Waals surface area contributed by atoms with Crippen LogP contribution in [0.3, 0.4) is 0 Å². The van der Waals surface area contributed by atoms with E-state index >= 15 is 0 Å². The number of fused-ring (bicyclic) bond motifs is 2. The van der Waals surface area contributed by atoms with Crippen LogP contribution in [0.1, 0.15) is 40.3 Å². The Kier molecular flexibility index (Phi) is 18.9. The molecular weight excluding hydrogens is 933 g/mol. The number of aromatic amines is 1. The second-order valence-electron chi connectivity index (χ2n) is 16.0. The number of aryl methyl sites for hydroxylation is 6. The summed E-state index contributed by atoms with van der Waals surface area (Å²) in [6.45, 7) is 7.77. The molecule has 4 aromatic carbocycles. The van der Waals surface area contributed by atoms with E-state index in [1.165, 1.54) is 0 Å². The fourth-order valence-electron chi connectivity index (χ4n) is 7.47. The maximum absolute atomic E-state index is 13.2. The van der Waals surface area contributed by atoms with Gasteiger partial charge in [0.25, 0.3) is 17.0 Å². The molecular formula is C57H54N12O3S. The number of hydrogen-bond acceptors (Lipinski definition) is 11. The topological polar surface area (TPSA) is 217 Å². The van der Waals surface area contributed by atoms with Crippen LogP contribution >= 0.6 is 12.2 Å². The van der Waals surface area contributed by atoms with Crippen LogP contribution in [-0.4, -0.2) is 45.3 Å². The van der Waals surface area contributed by atoms with Crippen LogP contribution in [-0.2, 0) is 14.1 Å². The number of terminal acetylenes is 2. The van der Waals surface area contributed by atoms with E-state index in [-0.39, 0.29) is 29.6 Å². The Labute approximate surface area is 429 Å². The molecule has 5 heterocycles. The van der Waals surface area contributed by atoms with E-state index in [1.807, 2.05) is 131 Å². The van der Waals surface area contributed by atoms with Crippen LogP contribution in [0.4, 0.5) is 17.3 Å². The molecule has 8 N–H and O–H groups in total. The number of hydrazine groups is 1. The highest BCUT2D eigenvalue weighted by molar-refractivity contribution is 7.80. The van der Waals surface area contributed by atoms with E-state index in [2.05, 4.69) is 76.5 Å². The first-order valence-electron chi connectivity index (χ1n) is 22.1. The Balaban J connectivity index is 0.000000234. The molecule has 0 aliphatic carbocycles. The quantitative estimate of drug-likeness (QED) is 0.0382. The summed E-state index contributed by atoms with van der Waals surface area (Å²) in [7, 11) is 3.56. The summed E-state index contributed by atoms with van der Waals surface area (Å²) in [4.78, 5) is 51.9. The molecule has 0 fully saturated rings. The molecule has 0 aliphatic heterocycles. The number of thiocarbonyl (C=S) groups is 1. The van der Waals surface area contributed by atoms with Crippen molar-refractivity contribution in [3.63, 3.8) is 0 Å². The highest BCUT2D eigenvalue weighted by Crippen LogP contribution is 2.29. The molecule has 15 nitrogen and oxygen atoms in total. The van der Waals surface area contributed by atoms with Crippen molar-refractivity contribution in [2.45, 2.75) is 35.1 Å². The van der Waals surface area contributed by atoms with Gasteiger partial charge in [0.05, 0.1) is 11.0 Å². The highest BCUT2D eigenvalue weighted by atomic mass is 32.1. The zero-order valence-corrected chi connectivity index (χ0v) is 41.1. The molecule has 0 bridgehead atoms. The number of anilines is 3. The normalized spacial score (nSPS) is 9.89. The minimum atomic E-state index is -0.290. The summed E-state index contributed by atoms with van der Waals surface area (Å²) < 4.78 is 3.32. The van der Waals surface area contributed by atoms with E-state index in [1.54, 1.807) is 53.7 Å². The summed E-state index contributed by atoms with van der Waals surface area (Å²) >= 11 is 5.31. The largest absolute Gasteiger partial charge is 0.332 e. The Morgan fingerprint density at radius 3 is 1.64 bits per heavy atom. The van der Waals surface area contributed by atoms with Crippen molar-refractivity contribution in [1.29, 1.82) is 0 Å². The summed E-state index contributed by atoms with van der Waals surface area (Å²) in [5.41, 5.74) is 11.1. The minimum absolute atomic E-state index is 0. The Morgan fingerprint density at radius 2 is 1.14 bits per heavy atom. The maximum atomic E-state index is 13.2. The van der Waals surface area contributed by atoms with Crippen molar-refractivity contribution in [3.8, 4) is 70.2 Å².